The molecule has 5 heteroatoms. The lowest BCUT2D eigenvalue weighted by Gasteiger charge is -2.33. The molecule has 2 nitrogen and oxygen atoms in total. The molecule has 94 valence electrons. The number of benzene rings is 1. The molecule has 1 aromatic carbocycles. The number of nitrogens with zero attached hydrogens (tertiary/aromatic N) is 1. The predicted octanol–water partition coefficient (Wildman–Crippen LogP) is 1.88. The molecule has 1 atom stereocenters. The van der Waals surface area contributed by atoms with Crippen LogP contribution >= 0.6 is 0 Å². The van der Waals surface area contributed by atoms with Gasteiger partial charge in [-0.3, -0.25) is 4.90 Å². The van der Waals surface area contributed by atoms with Gasteiger partial charge >= 0.3 is 0 Å². The number of rotatable bonds is 3. The molecule has 1 aromatic rings. The van der Waals surface area contributed by atoms with Gasteiger partial charge in [0.05, 0.1) is 6.04 Å². The van der Waals surface area contributed by atoms with Crippen LogP contribution in [0.2, 0.25) is 0 Å². The van der Waals surface area contributed by atoms with Crippen molar-refractivity contribution in [3.05, 3.63) is 35.4 Å². The first-order valence-electron chi connectivity index (χ1n) is 5.68. The quantitative estimate of drug-likeness (QED) is 0.873. The second-order valence-corrected chi connectivity index (χ2v) is 4.10. The zero-order chi connectivity index (χ0) is 12.3. The highest BCUT2D eigenvalue weighted by atomic mass is 19.2. The fraction of sp³-hybridized carbons (Fsp3) is 0.500. The summed E-state index contributed by atoms with van der Waals surface area (Å²) in [5.74, 6) is -1.86. The average Bonchev–Trinajstić information content (AvgIpc) is 2.37. The lowest BCUT2D eigenvalue weighted by Crippen LogP contribution is -2.45. The molecule has 0 amide bonds. The van der Waals surface area contributed by atoms with Gasteiger partial charge in [-0.05, 0) is 6.07 Å². The van der Waals surface area contributed by atoms with Gasteiger partial charge in [-0.1, -0.05) is 12.1 Å². The van der Waals surface area contributed by atoms with E-state index in [1.165, 1.54) is 12.1 Å². The van der Waals surface area contributed by atoms with Gasteiger partial charge in [0.25, 0.3) is 0 Å². The summed E-state index contributed by atoms with van der Waals surface area (Å²) in [6.07, 6.45) is 0. The minimum absolute atomic E-state index is 0.106. The Morgan fingerprint density at radius 1 is 1.24 bits per heavy atom. The molecule has 0 aromatic heterocycles. The van der Waals surface area contributed by atoms with Crippen LogP contribution in [-0.2, 0) is 0 Å². The summed E-state index contributed by atoms with van der Waals surface area (Å²) in [7, 11) is 0. The Balaban J connectivity index is 2.24. The molecular weight excluding hydrogens is 229 g/mol. The Morgan fingerprint density at radius 3 is 2.59 bits per heavy atom. The third kappa shape index (κ3) is 2.61. The molecule has 0 radical (unpaired) electrons. The number of nitrogens with one attached hydrogen (secondary N) is 1. The van der Waals surface area contributed by atoms with Crippen molar-refractivity contribution in [2.24, 2.45) is 0 Å². The molecule has 1 heterocycles. The SMILES string of the molecule is FC[C@@H](c1cccc(F)c1F)N1CCNCC1. The number of piperazine rings is 1. The average molecular weight is 244 g/mol. The maximum atomic E-state index is 13.6. The Labute approximate surface area is 98.4 Å². The highest BCUT2D eigenvalue weighted by molar-refractivity contribution is 5.23. The molecule has 0 saturated carbocycles. The van der Waals surface area contributed by atoms with E-state index in [0.29, 0.717) is 13.1 Å². The van der Waals surface area contributed by atoms with Crippen LogP contribution in [0.1, 0.15) is 11.6 Å². The Bertz CT molecular complexity index is 378. The van der Waals surface area contributed by atoms with E-state index in [-0.39, 0.29) is 5.56 Å². The summed E-state index contributed by atoms with van der Waals surface area (Å²) in [6, 6.07) is 3.22. The minimum Gasteiger partial charge on any atom is -0.314 e. The molecule has 1 aliphatic heterocycles. The van der Waals surface area contributed by atoms with Crippen molar-refractivity contribution in [2.45, 2.75) is 6.04 Å². The van der Waals surface area contributed by atoms with Crippen LogP contribution in [0.25, 0.3) is 0 Å². The van der Waals surface area contributed by atoms with Gasteiger partial charge in [0.1, 0.15) is 6.67 Å². The van der Waals surface area contributed by atoms with Crippen LogP contribution in [0.15, 0.2) is 18.2 Å². The van der Waals surface area contributed by atoms with Crippen LogP contribution in [0.5, 0.6) is 0 Å². The van der Waals surface area contributed by atoms with Gasteiger partial charge in [0.15, 0.2) is 11.6 Å². The lowest BCUT2D eigenvalue weighted by atomic mass is 10.0. The van der Waals surface area contributed by atoms with Gasteiger partial charge in [-0.25, -0.2) is 13.2 Å². The van der Waals surface area contributed by atoms with E-state index in [0.717, 1.165) is 19.2 Å². The van der Waals surface area contributed by atoms with Gasteiger partial charge < -0.3 is 5.32 Å². The molecule has 17 heavy (non-hydrogen) atoms. The molecule has 2 rings (SSSR count). The van der Waals surface area contributed by atoms with Crippen molar-refractivity contribution in [2.75, 3.05) is 32.9 Å². The molecule has 1 N–H and O–H groups in total. The van der Waals surface area contributed by atoms with Crippen molar-refractivity contribution < 1.29 is 13.2 Å². The normalized spacial score (nSPS) is 19.2. The maximum absolute atomic E-state index is 13.6. The first-order valence-corrected chi connectivity index (χ1v) is 5.68. The van der Waals surface area contributed by atoms with E-state index >= 15 is 0 Å². The third-order valence-corrected chi connectivity index (χ3v) is 3.08. The number of halogens is 3. The molecule has 0 aliphatic carbocycles. The topological polar surface area (TPSA) is 15.3 Å². The van der Waals surface area contributed by atoms with Crippen molar-refractivity contribution in [3.8, 4) is 0 Å². The van der Waals surface area contributed by atoms with Gasteiger partial charge in [-0.15, -0.1) is 0 Å². The summed E-state index contributed by atoms with van der Waals surface area (Å²) in [5, 5.41) is 3.14. The number of hydrogen-bond acceptors (Lipinski definition) is 2. The van der Waals surface area contributed by atoms with Crippen LogP contribution < -0.4 is 5.32 Å². The van der Waals surface area contributed by atoms with Crippen molar-refractivity contribution in [1.82, 2.24) is 10.2 Å². The summed E-state index contributed by atoms with van der Waals surface area (Å²) in [5.41, 5.74) is 0.106. The Morgan fingerprint density at radius 2 is 1.94 bits per heavy atom. The third-order valence-electron chi connectivity index (χ3n) is 3.08. The first-order chi connectivity index (χ1) is 8.24. The largest absolute Gasteiger partial charge is 0.314 e. The number of alkyl halides is 1. The van der Waals surface area contributed by atoms with Gasteiger partial charge in [0.2, 0.25) is 0 Å². The first kappa shape index (κ1) is 12.4. The van der Waals surface area contributed by atoms with E-state index in [1.807, 2.05) is 4.90 Å². The second kappa shape index (κ2) is 5.51. The molecular formula is C12H15F3N2. The molecule has 1 saturated heterocycles. The molecule has 1 aliphatic rings. The lowest BCUT2D eigenvalue weighted by molar-refractivity contribution is 0.144. The predicted molar refractivity (Wildman–Crippen MR) is 59.5 cm³/mol. The van der Waals surface area contributed by atoms with Crippen LogP contribution in [0.3, 0.4) is 0 Å². The second-order valence-electron chi connectivity index (χ2n) is 4.10. The highest BCUT2D eigenvalue weighted by Crippen LogP contribution is 2.25. The van der Waals surface area contributed by atoms with E-state index in [1.54, 1.807) is 0 Å². The van der Waals surface area contributed by atoms with E-state index < -0.39 is 24.4 Å². The zero-order valence-corrected chi connectivity index (χ0v) is 9.43. The van der Waals surface area contributed by atoms with E-state index in [2.05, 4.69) is 5.32 Å². The summed E-state index contributed by atoms with van der Waals surface area (Å²) < 4.78 is 39.8. The van der Waals surface area contributed by atoms with Crippen LogP contribution in [0, 0.1) is 11.6 Å². The summed E-state index contributed by atoms with van der Waals surface area (Å²) in [6.45, 7) is 2.07. The summed E-state index contributed by atoms with van der Waals surface area (Å²) in [4.78, 5) is 1.84. The van der Waals surface area contributed by atoms with Crippen molar-refractivity contribution >= 4 is 0 Å². The monoisotopic (exact) mass is 244 g/mol. The van der Waals surface area contributed by atoms with Crippen molar-refractivity contribution in [3.63, 3.8) is 0 Å². The molecule has 1 fully saturated rings. The zero-order valence-electron chi connectivity index (χ0n) is 9.43. The number of hydrogen-bond donors (Lipinski definition) is 1. The fourth-order valence-electron chi connectivity index (χ4n) is 2.15. The Hall–Kier alpha value is -1.07. The Kier molecular flexibility index (Phi) is 4.02. The standard InChI is InChI=1S/C12H15F3N2/c13-8-11(17-6-4-16-5-7-17)9-2-1-3-10(14)12(9)15/h1-3,11,16H,4-8H2/t11-/m0/s1. The van der Waals surface area contributed by atoms with Crippen LogP contribution in [0.4, 0.5) is 13.2 Å². The smallest absolute Gasteiger partial charge is 0.163 e. The van der Waals surface area contributed by atoms with Gasteiger partial charge in [0, 0.05) is 31.7 Å². The van der Waals surface area contributed by atoms with Gasteiger partial charge in [-0.2, -0.15) is 0 Å². The highest BCUT2D eigenvalue weighted by Gasteiger charge is 2.25. The van der Waals surface area contributed by atoms with E-state index in [9.17, 15) is 13.2 Å². The molecule has 0 unspecified atom stereocenters. The van der Waals surface area contributed by atoms with E-state index in [4.69, 9.17) is 0 Å². The minimum atomic E-state index is -0.936. The molecule has 0 spiro atoms. The fourth-order valence-corrected chi connectivity index (χ4v) is 2.15. The summed E-state index contributed by atoms with van der Waals surface area (Å²) >= 11 is 0. The van der Waals surface area contributed by atoms with Crippen molar-refractivity contribution in [1.29, 1.82) is 0 Å². The molecule has 0 bridgehead atoms. The van der Waals surface area contributed by atoms with Crippen LogP contribution in [-0.4, -0.2) is 37.8 Å². The maximum Gasteiger partial charge on any atom is 0.163 e.